The van der Waals surface area contributed by atoms with E-state index in [9.17, 15) is 9.90 Å². The van der Waals surface area contributed by atoms with Gasteiger partial charge in [-0.1, -0.05) is 66.4 Å². The molecule has 1 aromatic heterocycles. The van der Waals surface area contributed by atoms with Crippen LogP contribution in [0.4, 0.5) is 16.2 Å². The van der Waals surface area contributed by atoms with Gasteiger partial charge in [0.2, 0.25) is 0 Å². The summed E-state index contributed by atoms with van der Waals surface area (Å²) in [5.41, 5.74) is 3.84. The fourth-order valence-electron chi connectivity index (χ4n) is 4.88. The summed E-state index contributed by atoms with van der Waals surface area (Å²) in [7, 11) is 1.91. The molecule has 45 heavy (non-hydrogen) atoms. The number of nitrogens with one attached hydrogen (secondary N) is 2. The maximum atomic E-state index is 12.9. The molecule has 0 unspecified atom stereocenters. The van der Waals surface area contributed by atoms with Gasteiger partial charge in [-0.15, -0.1) is 10.2 Å². The summed E-state index contributed by atoms with van der Waals surface area (Å²) in [5, 5.41) is 24.2. The molecule has 2 amide bonds. The molecule has 230 valence electrons. The fourth-order valence-corrected chi connectivity index (χ4v) is 5.79. The van der Waals surface area contributed by atoms with Gasteiger partial charge >= 0.3 is 6.03 Å². The maximum absolute atomic E-state index is 12.9. The highest BCUT2D eigenvalue weighted by Gasteiger charge is 2.32. The van der Waals surface area contributed by atoms with Gasteiger partial charge < -0.3 is 34.5 Å². The number of nitrogens with zero attached hydrogens (tertiary/aromatic N) is 3. The van der Waals surface area contributed by atoms with E-state index in [0.717, 1.165) is 27.6 Å². The molecular weight excluding hydrogens is 590 g/mol. The minimum absolute atomic E-state index is 0.0180. The zero-order chi connectivity index (χ0) is 31.0. The average Bonchev–Trinajstić information content (AvgIpc) is 3.49. The van der Waals surface area contributed by atoms with Crippen molar-refractivity contribution in [2.24, 2.45) is 7.05 Å². The van der Waals surface area contributed by atoms with Gasteiger partial charge in [-0.25, -0.2) is 4.79 Å². The van der Waals surface area contributed by atoms with E-state index in [2.05, 4.69) is 20.8 Å². The molecule has 1 aliphatic rings. The van der Waals surface area contributed by atoms with Gasteiger partial charge in [0.05, 0.1) is 18.8 Å². The minimum atomic E-state index is -0.659. The molecule has 10 nitrogen and oxygen atoms in total. The molecule has 1 aliphatic heterocycles. The van der Waals surface area contributed by atoms with Crippen molar-refractivity contribution in [3.63, 3.8) is 0 Å². The van der Waals surface area contributed by atoms with E-state index < -0.39 is 6.29 Å². The second-order valence-corrected chi connectivity index (χ2v) is 11.5. The van der Waals surface area contributed by atoms with Crippen LogP contribution in [0.25, 0.3) is 0 Å². The molecule has 3 atom stereocenters. The largest absolute Gasteiger partial charge is 0.457 e. The van der Waals surface area contributed by atoms with Crippen molar-refractivity contribution in [2.75, 3.05) is 16.4 Å². The number of rotatable bonds is 10. The highest BCUT2D eigenvalue weighted by atomic mass is 32.2. The molecule has 6 rings (SSSR count). The summed E-state index contributed by atoms with van der Waals surface area (Å²) < 4.78 is 20.6. The number of anilines is 2. The van der Waals surface area contributed by atoms with Crippen LogP contribution in [0.1, 0.15) is 35.5 Å². The molecule has 5 aromatic rings. The third kappa shape index (κ3) is 8.08. The molecule has 1 saturated heterocycles. The lowest BCUT2D eigenvalue weighted by atomic mass is 10.0. The van der Waals surface area contributed by atoms with Gasteiger partial charge in [0.25, 0.3) is 0 Å². The predicted molar refractivity (Wildman–Crippen MR) is 172 cm³/mol. The van der Waals surface area contributed by atoms with Gasteiger partial charge in [-0.2, -0.15) is 0 Å². The van der Waals surface area contributed by atoms with E-state index >= 15 is 0 Å². The van der Waals surface area contributed by atoms with Gasteiger partial charge in [0.1, 0.15) is 17.8 Å². The third-order valence-electron chi connectivity index (χ3n) is 7.19. The second kappa shape index (κ2) is 14.4. The lowest BCUT2D eigenvalue weighted by Crippen LogP contribution is -2.31. The monoisotopic (exact) mass is 623 g/mol. The maximum Gasteiger partial charge on any atom is 0.323 e. The van der Waals surface area contributed by atoms with Crippen molar-refractivity contribution in [2.45, 2.75) is 36.7 Å². The van der Waals surface area contributed by atoms with E-state index in [1.807, 2.05) is 90.5 Å². The van der Waals surface area contributed by atoms with Crippen LogP contribution >= 0.6 is 11.8 Å². The van der Waals surface area contributed by atoms with Crippen molar-refractivity contribution in [1.82, 2.24) is 14.8 Å². The number of thioether (sulfide) groups is 1. The standard InChI is InChI=1S/C34H33N5O5S/c1-39-22-35-38-34(39)45-21-30-19-31(24-12-10-23(20-40)11-13-24)44-32(43-30)25-6-5-7-27(18-25)37-33(41)36-26-14-16-29(17-15-26)42-28-8-3-2-4-9-28/h2-18,22,30-32,40H,19-21H2,1H3,(H2,36,37,41)/t30-,31+,32+/m0/s1. The summed E-state index contributed by atoms with van der Waals surface area (Å²) in [5.74, 6) is 2.07. The third-order valence-corrected chi connectivity index (χ3v) is 8.36. The number of carbonyl (C=O) groups excluding carboxylic acids is 1. The highest BCUT2D eigenvalue weighted by Crippen LogP contribution is 2.39. The number of benzene rings is 4. The number of aliphatic hydroxyl groups excluding tert-OH is 1. The predicted octanol–water partition coefficient (Wildman–Crippen LogP) is 7.08. The van der Waals surface area contributed by atoms with Gasteiger partial charge in [-0.05, 0) is 59.7 Å². The number of ether oxygens (including phenoxy) is 3. The summed E-state index contributed by atoms with van der Waals surface area (Å²) in [6.07, 6.45) is 1.30. The van der Waals surface area contributed by atoms with Crippen LogP contribution in [-0.4, -0.2) is 37.8 Å². The van der Waals surface area contributed by atoms with Gasteiger partial charge in [0, 0.05) is 36.2 Å². The molecule has 0 aliphatic carbocycles. The Bertz CT molecular complexity index is 1700. The molecule has 4 aromatic carbocycles. The number of aliphatic hydroxyl groups is 1. The number of aryl methyl sites for hydroxylation is 1. The lowest BCUT2D eigenvalue weighted by molar-refractivity contribution is -0.245. The van der Waals surface area contributed by atoms with Gasteiger partial charge in [0.15, 0.2) is 11.4 Å². The SMILES string of the molecule is Cn1cnnc1SC[C@@H]1C[C@H](c2ccc(CO)cc2)O[C@H](c2cccc(NC(=O)Nc3ccc(Oc4ccccc4)cc3)c2)O1. The molecule has 2 heterocycles. The summed E-state index contributed by atoms with van der Waals surface area (Å²) in [4.78, 5) is 12.9. The van der Waals surface area contributed by atoms with E-state index in [-0.39, 0.29) is 24.8 Å². The number of urea groups is 1. The van der Waals surface area contributed by atoms with Crippen LogP contribution in [0.5, 0.6) is 11.5 Å². The minimum Gasteiger partial charge on any atom is -0.457 e. The lowest BCUT2D eigenvalue weighted by Gasteiger charge is -2.36. The first-order valence-corrected chi connectivity index (χ1v) is 15.5. The quantitative estimate of drug-likeness (QED) is 0.141. The number of aromatic nitrogens is 3. The van der Waals surface area contributed by atoms with Crippen molar-refractivity contribution < 1.29 is 24.1 Å². The number of hydrogen-bond donors (Lipinski definition) is 3. The Morgan fingerprint density at radius 1 is 0.911 bits per heavy atom. The summed E-state index contributed by atoms with van der Waals surface area (Å²) in [6.45, 7) is -0.0180. The number of hydrogen-bond acceptors (Lipinski definition) is 8. The van der Waals surface area contributed by atoms with Crippen LogP contribution in [0.15, 0.2) is 115 Å². The van der Waals surface area contributed by atoms with Crippen LogP contribution in [0.2, 0.25) is 0 Å². The van der Waals surface area contributed by atoms with Crippen molar-refractivity contribution in [3.8, 4) is 11.5 Å². The topological polar surface area (TPSA) is 120 Å². The molecular formula is C34H33N5O5S. The summed E-state index contributed by atoms with van der Waals surface area (Å²) in [6, 6.07) is 31.5. The van der Waals surface area contributed by atoms with E-state index in [0.29, 0.717) is 29.3 Å². The Labute approximate surface area is 265 Å². The zero-order valence-corrected chi connectivity index (χ0v) is 25.4. The summed E-state index contributed by atoms with van der Waals surface area (Å²) >= 11 is 1.58. The average molecular weight is 624 g/mol. The zero-order valence-electron chi connectivity index (χ0n) is 24.6. The van der Waals surface area contributed by atoms with Crippen LogP contribution in [-0.2, 0) is 23.1 Å². The molecule has 3 N–H and O–H groups in total. The Balaban J connectivity index is 1.12. The van der Waals surface area contributed by atoms with E-state index in [1.165, 1.54) is 0 Å². The number of para-hydroxylation sites is 1. The van der Waals surface area contributed by atoms with Crippen LogP contribution in [0.3, 0.4) is 0 Å². The molecule has 0 radical (unpaired) electrons. The van der Waals surface area contributed by atoms with Gasteiger partial charge in [-0.3, -0.25) is 0 Å². The second-order valence-electron chi connectivity index (χ2n) is 10.5. The van der Waals surface area contributed by atoms with Crippen LogP contribution in [0, 0.1) is 0 Å². The van der Waals surface area contributed by atoms with E-state index in [1.54, 1.807) is 42.4 Å². The van der Waals surface area contributed by atoms with Crippen LogP contribution < -0.4 is 15.4 Å². The molecule has 0 bridgehead atoms. The van der Waals surface area contributed by atoms with Crippen molar-refractivity contribution >= 4 is 29.2 Å². The normalized spacial score (nSPS) is 17.9. The molecule has 0 saturated carbocycles. The Kier molecular flexibility index (Phi) is 9.71. The van der Waals surface area contributed by atoms with Crippen molar-refractivity contribution in [3.05, 3.63) is 126 Å². The first-order chi connectivity index (χ1) is 22.0. The molecule has 1 fully saturated rings. The van der Waals surface area contributed by atoms with E-state index in [4.69, 9.17) is 14.2 Å². The number of carbonyl (C=O) groups is 1. The molecule has 11 heteroatoms. The smallest absolute Gasteiger partial charge is 0.323 e. The van der Waals surface area contributed by atoms with Crippen molar-refractivity contribution in [1.29, 1.82) is 0 Å². The highest BCUT2D eigenvalue weighted by molar-refractivity contribution is 7.99. The number of amides is 2. The Morgan fingerprint density at radius 3 is 2.40 bits per heavy atom. The Hall–Kier alpha value is -4.68. The first kappa shape index (κ1) is 30.4. The Morgan fingerprint density at radius 2 is 1.67 bits per heavy atom. The molecule has 0 spiro atoms. The fraction of sp³-hybridized carbons (Fsp3) is 0.206. The first-order valence-electron chi connectivity index (χ1n) is 14.5.